The average Bonchev–Trinajstić information content (AvgIpc) is 3.80. The van der Waals surface area contributed by atoms with Crippen LogP contribution in [0.25, 0.3) is 71.6 Å². The number of para-hydroxylation sites is 2. The van der Waals surface area contributed by atoms with Gasteiger partial charge in [-0.3, -0.25) is 0 Å². The smallest absolute Gasteiger partial charge is 0.0541 e. The van der Waals surface area contributed by atoms with Crippen LogP contribution in [0.15, 0.2) is 230 Å². The fourth-order valence-corrected chi connectivity index (χ4v) is 10.6. The number of fused-ring (bicyclic) bond motifs is 7. The van der Waals surface area contributed by atoms with E-state index in [0.29, 0.717) is 5.92 Å². The maximum absolute atomic E-state index is 2.47. The Labute approximate surface area is 369 Å². The molecule has 1 atom stereocenters. The van der Waals surface area contributed by atoms with Crippen LogP contribution in [0.4, 0.5) is 11.4 Å². The second-order valence-electron chi connectivity index (χ2n) is 17.7. The van der Waals surface area contributed by atoms with Crippen molar-refractivity contribution in [2.45, 2.75) is 31.6 Å². The van der Waals surface area contributed by atoms with E-state index in [2.05, 4.69) is 248 Å². The van der Waals surface area contributed by atoms with Gasteiger partial charge in [0.25, 0.3) is 0 Å². The van der Waals surface area contributed by atoms with Gasteiger partial charge >= 0.3 is 0 Å². The van der Waals surface area contributed by atoms with Crippen LogP contribution in [0, 0.1) is 0 Å². The maximum Gasteiger partial charge on any atom is 0.0541 e. The van der Waals surface area contributed by atoms with Gasteiger partial charge in [-0.25, -0.2) is 0 Å². The van der Waals surface area contributed by atoms with Crippen molar-refractivity contribution < 1.29 is 0 Å². The molecule has 63 heavy (non-hydrogen) atoms. The van der Waals surface area contributed by atoms with Gasteiger partial charge in [0.2, 0.25) is 0 Å². The summed E-state index contributed by atoms with van der Waals surface area (Å²) in [5.41, 5.74) is 18.8. The predicted molar refractivity (Wildman–Crippen MR) is 266 cm³/mol. The van der Waals surface area contributed by atoms with Crippen molar-refractivity contribution in [2.75, 3.05) is 4.90 Å². The first-order valence-corrected chi connectivity index (χ1v) is 22.2. The van der Waals surface area contributed by atoms with Gasteiger partial charge in [-0.2, -0.15) is 0 Å². The molecule has 2 aliphatic rings. The zero-order valence-electron chi connectivity index (χ0n) is 35.5. The van der Waals surface area contributed by atoms with Crippen LogP contribution in [-0.4, -0.2) is 4.57 Å². The molecule has 12 rings (SSSR count). The molecule has 0 spiro atoms. The highest BCUT2D eigenvalue weighted by Gasteiger charge is 2.35. The molecule has 0 radical (unpaired) electrons. The van der Waals surface area contributed by atoms with Gasteiger partial charge in [0.05, 0.1) is 16.7 Å². The molecule has 0 amide bonds. The van der Waals surface area contributed by atoms with Gasteiger partial charge in [0, 0.05) is 44.6 Å². The number of allylic oxidation sites excluding steroid dienone is 3. The van der Waals surface area contributed by atoms with Crippen molar-refractivity contribution in [1.82, 2.24) is 4.57 Å². The SMILES string of the molecule is CC1(C)c2ccccc2-c2ccc(-c3ccc(N(C4=CCC(c5ccccc5)C=C4)c4ccc(-c5ccc6c(c5)c5ccccc5n6-c5ccccc5)c5ccccc45)cc3)cc21. The Balaban J connectivity index is 0.965. The number of aromatic nitrogens is 1. The quantitative estimate of drug-likeness (QED) is 0.156. The lowest BCUT2D eigenvalue weighted by molar-refractivity contribution is 0.660. The van der Waals surface area contributed by atoms with Gasteiger partial charge < -0.3 is 9.47 Å². The van der Waals surface area contributed by atoms with Gasteiger partial charge in [0.1, 0.15) is 0 Å². The first-order valence-electron chi connectivity index (χ1n) is 22.2. The number of rotatable bonds is 7. The molecule has 0 aliphatic heterocycles. The first kappa shape index (κ1) is 37.1. The number of nitrogens with zero attached hydrogens (tertiary/aromatic N) is 2. The number of anilines is 2. The molecule has 2 heteroatoms. The van der Waals surface area contributed by atoms with E-state index in [4.69, 9.17) is 0 Å². The highest BCUT2D eigenvalue weighted by Crippen LogP contribution is 2.50. The second kappa shape index (κ2) is 14.8. The Morgan fingerprint density at radius 1 is 0.476 bits per heavy atom. The summed E-state index contributed by atoms with van der Waals surface area (Å²) in [4.78, 5) is 2.47. The number of hydrogen-bond donors (Lipinski definition) is 0. The molecule has 1 heterocycles. The van der Waals surface area contributed by atoms with Crippen molar-refractivity contribution in [3.8, 4) is 39.1 Å². The van der Waals surface area contributed by atoms with Crippen LogP contribution >= 0.6 is 0 Å². The van der Waals surface area contributed by atoms with Crippen LogP contribution in [0.2, 0.25) is 0 Å². The Hall–Kier alpha value is -7.68. The van der Waals surface area contributed by atoms with Crippen molar-refractivity contribution in [1.29, 1.82) is 0 Å². The van der Waals surface area contributed by atoms with E-state index in [1.54, 1.807) is 0 Å². The zero-order chi connectivity index (χ0) is 42.1. The Morgan fingerprint density at radius 3 is 1.90 bits per heavy atom. The highest BCUT2D eigenvalue weighted by atomic mass is 15.1. The Bertz CT molecular complexity index is 3440. The summed E-state index contributed by atoms with van der Waals surface area (Å²) in [7, 11) is 0. The normalized spacial score (nSPS) is 15.1. The Kier molecular flexibility index (Phi) is 8.69. The fraction of sp³-hybridized carbons (Fsp3) is 0.0820. The zero-order valence-corrected chi connectivity index (χ0v) is 35.5. The third-order valence-electron chi connectivity index (χ3n) is 13.7. The summed E-state index contributed by atoms with van der Waals surface area (Å²) >= 11 is 0. The van der Waals surface area contributed by atoms with E-state index in [1.807, 2.05) is 0 Å². The van der Waals surface area contributed by atoms with Gasteiger partial charge in [0.15, 0.2) is 0 Å². The largest absolute Gasteiger partial charge is 0.310 e. The molecule has 1 unspecified atom stereocenters. The van der Waals surface area contributed by atoms with E-state index >= 15 is 0 Å². The van der Waals surface area contributed by atoms with Crippen molar-refractivity contribution in [3.63, 3.8) is 0 Å². The molecule has 2 nitrogen and oxygen atoms in total. The summed E-state index contributed by atoms with van der Waals surface area (Å²) in [5, 5.41) is 4.95. The predicted octanol–water partition coefficient (Wildman–Crippen LogP) is 16.3. The average molecular weight is 807 g/mol. The van der Waals surface area contributed by atoms with Gasteiger partial charge in [-0.15, -0.1) is 0 Å². The van der Waals surface area contributed by atoms with Gasteiger partial charge in [-0.1, -0.05) is 178 Å². The van der Waals surface area contributed by atoms with E-state index in [9.17, 15) is 0 Å². The van der Waals surface area contributed by atoms with Gasteiger partial charge in [-0.05, 0) is 123 Å². The molecular weight excluding hydrogens is 761 g/mol. The Morgan fingerprint density at radius 2 is 1.11 bits per heavy atom. The van der Waals surface area contributed by atoms with E-state index in [1.165, 1.54) is 94.0 Å². The molecular formula is C61H46N2. The topological polar surface area (TPSA) is 8.17 Å². The van der Waals surface area contributed by atoms with Crippen LogP contribution < -0.4 is 4.90 Å². The number of hydrogen-bond acceptors (Lipinski definition) is 1. The lowest BCUT2D eigenvalue weighted by Gasteiger charge is -2.30. The molecule has 2 aliphatic carbocycles. The molecule has 10 aromatic rings. The summed E-state index contributed by atoms with van der Waals surface area (Å²) in [6.45, 7) is 4.71. The summed E-state index contributed by atoms with van der Waals surface area (Å²) in [6, 6.07) is 76.1. The highest BCUT2D eigenvalue weighted by molar-refractivity contribution is 6.12. The summed E-state index contributed by atoms with van der Waals surface area (Å²) in [5.74, 6) is 0.344. The molecule has 0 N–H and O–H groups in total. The number of benzene rings is 9. The van der Waals surface area contributed by atoms with Crippen molar-refractivity contribution >= 4 is 44.0 Å². The van der Waals surface area contributed by atoms with Crippen molar-refractivity contribution in [3.05, 3.63) is 247 Å². The molecule has 0 bridgehead atoms. The standard InChI is InChI=1S/C61H46N2/c1-61(2)56-23-13-11-20-51(56)52-35-29-44(40-57(52)61)43-27-33-48(34-28-43)62(47-31-25-42(26-32-47)41-15-5-3-6-16-41)59-38-36-49(50-19-9-10-21-53(50)59)45-30-37-60-55(39-45)54-22-12-14-24-58(54)63(60)46-17-7-4-8-18-46/h3-25,27-40,42H,26H2,1-2H3. The molecule has 9 aromatic carbocycles. The lowest BCUT2D eigenvalue weighted by atomic mass is 9.81. The second-order valence-corrected chi connectivity index (χ2v) is 17.7. The van der Waals surface area contributed by atoms with Crippen LogP contribution in [0.3, 0.4) is 0 Å². The molecule has 0 fully saturated rings. The van der Waals surface area contributed by atoms with Crippen LogP contribution in [0.1, 0.15) is 42.9 Å². The fourth-order valence-electron chi connectivity index (χ4n) is 10.6. The minimum absolute atomic E-state index is 0.0455. The molecule has 1 aromatic heterocycles. The maximum atomic E-state index is 2.47. The lowest BCUT2D eigenvalue weighted by Crippen LogP contribution is -2.17. The monoisotopic (exact) mass is 806 g/mol. The van der Waals surface area contributed by atoms with E-state index in [0.717, 1.165) is 17.8 Å². The third-order valence-corrected chi connectivity index (χ3v) is 13.7. The summed E-state index contributed by atoms with van der Waals surface area (Å²) in [6.07, 6.45) is 8.07. The minimum Gasteiger partial charge on any atom is -0.310 e. The molecule has 0 saturated heterocycles. The first-order chi connectivity index (χ1) is 31.0. The van der Waals surface area contributed by atoms with Crippen LogP contribution in [0.5, 0.6) is 0 Å². The molecule has 0 saturated carbocycles. The summed E-state index contributed by atoms with van der Waals surface area (Å²) < 4.78 is 2.39. The molecule has 300 valence electrons. The van der Waals surface area contributed by atoms with E-state index < -0.39 is 0 Å². The van der Waals surface area contributed by atoms with Crippen molar-refractivity contribution in [2.24, 2.45) is 0 Å². The van der Waals surface area contributed by atoms with Crippen LogP contribution in [-0.2, 0) is 5.41 Å². The van der Waals surface area contributed by atoms with E-state index in [-0.39, 0.29) is 5.41 Å². The minimum atomic E-state index is -0.0455. The third kappa shape index (κ3) is 6.09.